The first-order valence-corrected chi connectivity index (χ1v) is 6.84. The van der Waals surface area contributed by atoms with E-state index < -0.39 is 0 Å². The Morgan fingerprint density at radius 3 is 2.82 bits per heavy atom. The molecule has 1 aromatic heterocycles. The molecule has 0 radical (unpaired) electrons. The van der Waals surface area contributed by atoms with E-state index in [-0.39, 0.29) is 0 Å². The highest BCUT2D eigenvalue weighted by Gasteiger charge is 2.03. The van der Waals surface area contributed by atoms with Crippen molar-refractivity contribution >= 4 is 33.0 Å². The normalized spacial score (nSPS) is 9.94. The van der Waals surface area contributed by atoms with Crippen molar-refractivity contribution in [1.29, 1.82) is 5.26 Å². The number of nitriles is 1. The Balaban J connectivity index is 2.10. The van der Waals surface area contributed by atoms with E-state index in [1.165, 1.54) is 10.4 Å². The Hall–Kier alpha value is -1.31. The first kappa shape index (κ1) is 12.2. The molecule has 0 aliphatic carbocycles. The second-order valence-electron chi connectivity index (χ2n) is 3.69. The highest BCUT2D eigenvalue weighted by molar-refractivity contribution is 9.10. The van der Waals surface area contributed by atoms with Gasteiger partial charge in [-0.05, 0) is 58.1 Å². The molecule has 0 fully saturated rings. The minimum absolute atomic E-state index is 0.662. The fourth-order valence-corrected chi connectivity index (χ4v) is 2.85. The predicted molar refractivity (Wildman–Crippen MR) is 75.2 cm³/mol. The van der Waals surface area contributed by atoms with E-state index in [2.05, 4.69) is 45.7 Å². The zero-order valence-corrected chi connectivity index (χ0v) is 11.7. The van der Waals surface area contributed by atoms with Crippen molar-refractivity contribution in [2.24, 2.45) is 0 Å². The summed E-state index contributed by atoms with van der Waals surface area (Å²) in [5.41, 5.74) is 2.98. The van der Waals surface area contributed by atoms with Gasteiger partial charge in [0.05, 0.1) is 11.6 Å². The topological polar surface area (TPSA) is 35.8 Å². The van der Waals surface area contributed by atoms with Crippen LogP contribution in [0.5, 0.6) is 0 Å². The quantitative estimate of drug-likeness (QED) is 0.917. The van der Waals surface area contributed by atoms with Gasteiger partial charge in [0.2, 0.25) is 0 Å². The SMILES string of the molecule is Cc1ccsc1CNc1ccc(C#N)cc1Br. The number of benzene rings is 1. The monoisotopic (exact) mass is 306 g/mol. The van der Waals surface area contributed by atoms with Crippen molar-refractivity contribution in [1.82, 2.24) is 0 Å². The van der Waals surface area contributed by atoms with Crippen LogP contribution in [0.3, 0.4) is 0 Å². The van der Waals surface area contributed by atoms with Gasteiger partial charge in [0.1, 0.15) is 0 Å². The van der Waals surface area contributed by atoms with Gasteiger partial charge in [-0.1, -0.05) is 0 Å². The number of nitrogens with one attached hydrogen (secondary N) is 1. The van der Waals surface area contributed by atoms with Crippen molar-refractivity contribution in [3.8, 4) is 6.07 Å². The Kier molecular flexibility index (Phi) is 3.82. The molecule has 0 spiro atoms. The number of hydrogen-bond acceptors (Lipinski definition) is 3. The van der Waals surface area contributed by atoms with E-state index in [1.54, 1.807) is 11.3 Å². The molecule has 0 aliphatic heterocycles. The summed E-state index contributed by atoms with van der Waals surface area (Å²) in [5.74, 6) is 0. The second-order valence-corrected chi connectivity index (χ2v) is 5.54. The molecule has 1 aromatic carbocycles. The molecule has 0 aliphatic rings. The van der Waals surface area contributed by atoms with Crippen LogP contribution in [0.2, 0.25) is 0 Å². The van der Waals surface area contributed by atoms with E-state index in [9.17, 15) is 0 Å². The first-order chi connectivity index (χ1) is 8.20. The molecular weight excluding hydrogens is 296 g/mol. The summed E-state index contributed by atoms with van der Waals surface area (Å²) >= 11 is 5.21. The van der Waals surface area contributed by atoms with Crippen molar-refractivity contribution in [3.05, 3.63) is 50.1 Å². The summed E-state index contributed by atoms with van der Waals surface area (Å²) < 4.78 is 0.922. The third kappa shape index (κ3) is 2.87. The van der Waals surface area contributed by atoms with Crippen LogP contribution in [0.15, 0.2) is 34.1 Å². The number of nitrogens with zero attached hydrogens (tertiary/aromatic N) is 1. The van der Waals surface area contributed by atoms with Crippen LogP contribution in [-0.2, 0) is 6.54 Å². The van der Waals surface area contributed by atoms with Crippen molar-refractivity contribution < 1.29 is 0 Å². The average Bonchev–Trinajstić information content (AvgIpc) is 2.73. The number of hydrogen-bond donors (Lipinski definition) is 1. The molecule has 2 aromatic rings. The van der Waals surface area contributed by atoms with Crippen LogP contribution in [-0.4, -0.2) is 0 Å². The second kappa shape index (κ2) is 5.35. The van der Waals surface area contributed by atoms with Gasteiger partial charge >= 0.3 is 0 Å². The van der Waals surface area contributed by atoms with Gasteiger partial charge in [-0.25, -0.2) is 0 Å². The molecule has 0 amide bonds. The number of rotatable bonds is 3. The van der Waals surface area contributed by atoms with Gasteiger partial charge in [-0.2, -0.15) is 5.26 Å². The molecule has 1 heterocycles. The molecule has 2 nitrogen and oxygen atoms in total. The van der Waals surface area contributed by atoms with E-state index in [0.29, 0.717) is 5.56 Å². The Labute approximate surface area is 113 Å². The van der Waals surface area contributed by atoms with Gasteiger partial charge in [0.25, 0.3) is 0 Å². The lowest BCUT2D eigenvalue weighted by atomic mass is 10.2. The predicted octanol–water partition coefficient (Wildman–Crippen LogP) is 4.30. The Bertz CT molecular complexity index is 569. The lowest BCUT2D eigenvalue weighted by Gasteiger charge is -2.08. The van der Waals surface area contributed by atoms with Crippen LogP contribution in [0, 0.1) is 18.3 Å². The van der Waals surface area contributed by atoms with Crippen LogP contribution in [0.4, 0.5) is 5.69 Å². The maximum absolute atomic E-state index is 8.78. The lowest BCUT2D eigenvalue weighted by molar-refractivity contribution is 1.16. The zero-order valence-electron chi connectivity index (χ0n) is 9.33. The summed E-state index contributed by atoms with van der Waals surface area (Å²) in [6.45, 7) is 2.93. The van der Waals surface area contributed by atoms with Crippen LogP contribution < -0.4 is 5.32 Å². The smallest absolute Gasteiger partial charge is 0.0992 e. The molecular formula is C13H11BrN2S. The standard InChI is InChI=1S/C13H11BrN2S/c1-9-4-5-17-13(9)8-16-12-3-2-10(7-15)6-11(12)14/h2-6,16H,8H2,1H3. The summed E-state index contributed by atoms with van der Waals surface area (Å²) in [6, 6.07) is 9.80. The van der Waals surface area contributed by atoms with Crippen molar-refractivity contribution in [3.63, 3.8) is 0 Å². The minimum Gasteiger partial charge on any atom is -0.379 e. The minimum atomic E-state index is 0.662. The number of anilines is 1. The highest BCUT2D eigenvalue weighted by atomic mass is 79.9. The Morgan fingerprint density at radius 2 is 2.24 bits per heavy atom. The molecule has 2 rings (SSSR count). The van der Waals surface area contributed by atoms with Crippen LogP contribution in [0.25, 0.3) is 0 Å². The molecule has 0 bridgehead atoms. The zero-order chi connectivity index (χ0) is 12.3. The Morgan fingerprint density at radius 1 is 1.41 bits per heavy atom. The van der Waals surface area contributed by atoms with E-state index in [1.807, 2.05) is 18.2 Å². The van der Waals surface area contributed by atoms with Gasteiger partial charge in [0.15, 0.2) is 0 Å². The number of aryl methyl sites for hydroxylation is 1. The average molecular weight is 307 g/mol. The molecule has 0 saturated carbocycles. The van der Waals surface area contributed by atoms with Gasteiger partial charge in [0, 0.05) is 21.6 Å². The van der Waals surface area contributed by atoms with Crippen LogP contribution in [0.1, 0.15) is 16.0 Å². The third-order valence-electron chi connectivity index (χ3n) is 2.51. The summed E-state index contributed by atoms with van der Waals surface area (Å²) in [6.07, 6.45) is 0. The molecule has 0 saturated heterocycles. The maximum atomic E-state index is 8.78. The molecule has 86 valence electrons. The van der Waals surface area contributed by atoms with Gasteiger partial charge < -0.3 is 5.32 Å². The van der Waals surface area contributed by atoms with E-state index in [0.717, 1.165) is 16.7 Å². The van der Waals surface area contributed by atoms with Crippen molar-refractivity contribution in [2.75, 3.05) is 5.32 Å². The number of thiophene rings is 1. The molecule has 4 heteroatoms. The molecule has 0 unspecified atom stereocenters. The summed E-state index contributed by atoms with van der Waals surface area (Å²) in [7, 11) is 0. The first-order valence-electron chi connectivity index (χ1n) is 5.17. The fraction of sp³-hybridized carbons (Fsp3) is 0.154. The van der Waals surface area contributed by atoms with Crippen LogP contribution >= 0.6 is 27.3 Å². The molecule has 0 atom stereocenters. The summed E-state index contributed by atoms with van der Waals surface area (Å²) in [4.78, 5) is 1.33. The highest BCUT2D eigenvalue weighted by Crippen LogP contribution is 2.25. The maximum Gasteiger partial charge on any atom is 0.0992 e. The van der Waals surface area contributed by atoms with E-state index in [4.69, 9.17) is 5.26 Å². The van der Waals surface area contributed by atoms with Gasteiger partial charge in [-0.15, -0.1) is 11.3 Å². The largest absolute Gasteiger partial charge is 0.379 e. The van der Waals surface area contributed by atoms with Crippen molar-refractivity contribution in [2.45, 2.75) is 13.5 Å². The van der Waals surface area contributed by atoms with Gasteiger partial charge in [-0.3, -0.25) is 0 Å². The molecule has 1 N–H and O–H groups in total. The lowest BCUT2D eigenvalue weighted by Crippen LogP contribution is -1.99. The number of halogens is 1. The van der Waals surface area contributed by atoms with E-state index >= 15 is 0 Å². The summed E-state index contributed by atoms with van der Waals surface area (Å²) in [5, 5.41) is 14.2. The third-order valence-corrected chi connectivity index (χ3v) is 4.18. The fourth-order valence-electron chi connectivity index (χ4n) is 1.49. The molecule has 17 heavy (non-hydrogen) atoms.